The van der Waals surface area contributed by atoms with Crippen LogP contribution in [0.25, 0.3) is 11.1 Å². The van der Waals surface area contributed by atoms with Gasteiger partial charge in [-0.25, -0.2) is 4.98 Å². The summed E-state index contributed by atoms with van der Waals surface area (Å²) in [7, 11) is 1.59. The molecular formula is C25H19F3N4O2S. The molecule has 3 aromatic rings. The van der Waals surface area contributed by atoms with E-state index in [0.29, 0.717) is 5.69 Å². The number of nitriles is 1. The van der Waals surface area contributed by atoms with E-state index in [1.165, 1.54) is 6.07 Å². The summed E-state index contributed by atoms with van der Waals surface area (Å²) in [5.74, 6) is 0.223. The second-order valence-corrected chi connectivity index (χ2v) is 8.66. The van der Waals surface area contributed by atoms with Crippen LogP contribution in [0.4, 0.5) is 24.5 Å². The Bertz CT molecular complexity index is 1350. The van der Waals surface area contributed by atoms with Gasteiger partial charge in [0, 0.05) is 5.69 Å². The SMILES string of the molecule is COc1ccc(-c2ccc(N3C(=S)N(c4cnc(C#N)c(C(F)(F)F)c4)C(=O)C3(C)C)cc2)cc1. The maximum Gasteiger partial charge on any atom is 0.419 e. The molecule has 0 radical (unpaired) electrons. The number of halogens is 3. The van der Waals surface area contributed by atoms with Crippen molar-refractivity contribution in [1.29, 1.82) is 5.26 Å². The Morgan fingerprint density at radius 1 is 1.03 bits per heavy atom. The van der Waals surface area contributed by atoms with Crippen LogP contribution >= 0.6 is 12.2 Å². The molecule has 10 heteroatoms. The van der Waals surface area contributed by atoms with Crippen molar-refractivity contribution in [2.45, 2.75) is 25.6 Å². The summed E-state index contributed by atoms with van der Waals surface area (Å²) < 4.78 is 45.6. The van der Waals surface area contributed by atoms with Gasteiger partial charge in [0.1, 0.15) is 17.4 Å². The van der Waals surface area contributed by atoms with Crippen molar-refractivity contribution in [3.63, 3.8) is 0 Å². The lowest BCUT2D eigenvalue weighted by molar-refractivity contribution is -0.138. The third-order valence-electron chi connectivity index (χ3n) is 5.76. The van der Waals surface area contributed by atoms with Crippen LogP contribution in [-0.2, 0) is 11.0 Å². The first-order chi connectivity index (χ1) is 16.5. The average Bonchev–Trinajstić information content (AvgIpc) is 3.01. The van der Waals surface area contributed by atoms with E-state index in [2.05, 4.69) is 4.98 Å². The Morgan fingerprint density at radius 2 is 1.60 bits per heavy atom. The third-order valence-corrected chi connectivity index (χ3v) is 6.12. The highest BCUT2D eigenvalue weighted by Crippen LogP contribution is 2.39. The molecule has 0 bridgehead atoms. The second kappa shape index (κ2) is 8.67. The predicted octanol–water partition coefficient (Wildman–Crippen LogP) is 5.56. The van der Waals surface area contributed by atoms with E-state index in [-0.39, 0.29) is 10.8 Å². The van der Waals surface area contributed by atoms with Crippen LogP contribution in [-0.4, -0.2) is 28.7 Å². The summed E-state index contributed by atoms with van der Waals surface area (Å²) in [6, 6.07) is 17.0. The van der Waals surface area contributed by atoms with Gasteiger partial charge in [-0.15, -0.1) is 0 Å². The number of ether oxygens (including phenoxy) is 1. The standard InChI is InChI=1S/C25H19F3N4O2S/c1-24(2)22(33)31(18-12-20(25(26,27)28)21(13-29)30-14-18)23(35)32(24)17-8-4-15(5-9-17)16-6-10-19(34-3)11-7-16/h4-12,14H,1-3H3. The van der Waals surface area contributed by atoms with Crippen molar-refractivity contribution in [2.75, 3.05) is 16.9 Å². The number of amides is 1. The molecule has 4 rings (SSSR count). The Labute approximate surface area is 205 Å². The minimum Gasteiger partial charge on any atom is -0.497 e. The fourth-order valence-corrected chi connectivity index (χ4v) is 4.45. The van der Waals surface area contributed by atoms with Crippen molar-refractivity contribution in [2.24, 2.45) is 0 Å². The fraction of sp³-hybridized carbons (Fsp3) is 0.200. The molecule has 1 saturated heterocycles. The summed E-state index contributed by atoms with van der Waals surface area (Å²) in [5, 5.41) is 9.02. The van der Waals surface area contributed by atoms with Crippen LogP contribution in [0.5, 0.6) is 5.75 Å². The van der Waals surface area contributed by atoms with Crippen LogP contribution in [0, 0.1) is 11.3 Å². The van der Waals surface area contributed by atoms with Gasteiger partial charge in [-0.05, 0) is 67.5 Å². The minimum absolute atomic E-state index is 0.0110. The number of benzene rings is 2. The molecule has 0 unspecified atom stereocenters. The number of thiocarbonyl (C=S) groups is 1. The summed E-state index contributed by atoms with van der Waals surface area (Å²) in [6.45, 7) is 3.28. The Morgan fingerprint density at radius 3 is 2.11 bits per heavy atom. The first kappa shape index (κ1) is 24.2. The Hall–Kier alpha value is -3.97. The van der Waals surface area contributed by atoms with Gasteiger partial charge in [-0.2, -0.15) is 18.4 Å². The summed E-state index contributed by atoms with van der Waals surface area (Å²) in [4.78, 5) is 19.5. The van der Waals surface area contributed by atoms with Crippen LogP contribution in [0.3, 0.4) is 0 Å². The monoisotopic (exact) mass is 496 g/mol. The Kier molecular flexibility index (Phi) is 5.99. The van der Waals surface area contributed by atoms with E-state index < -0.39 is 28.9 Å². The zero-order valence-electron chi connectivity index (χ0n) is 18.9. The van der Waals surface area contributed by atoms with Gasteiger partial charge in [0.2, 0.25) is 0 Å². The third kappa shape index (κ3) is 4.19. The number of nitrogens with zero attached hydrogens (tertiary/aromatic N) is 4. The number of aromatic nitrogens is 1. The van der Waals surface area contributed by atoms with E-state index in [0.717, 1.165) is 34.0 Å². The minimum atomic E-state index is -4.81. The van der Waals surface area contributed by atoms with Crippen molar-refractivity contribution in [3.05, 3.63) is 72.1 Å². The van der Waals surface area contributed by atoms with Gasteiger partial charge in [0.15, 0.2) is 10.8 Å². The van der Waals surface area contributed by atoms with Gasteiger partial charge in [-0.1, -0.05) is 24.3 Å². The molecule has 2 aromatic carbocycles. The number of carbonyl (C=O) groups is 1. The molecule has 6 nitrogen and oxygen atoms in total. The van der Waals surface area contributed by atoms with Crippen molar-refractivity contribution in [3.8, 4) is 22.9 Å². The highest BCUT2D eigenvalue weighted by molar-refractivity contribution is 7.81. The van der Waals surface area contributed by atoms with Crippen LogP contribution in [0.15, 0.2) is 60.8 Å². The van der Waals surface area contributed by atoms with E-state index in [9.17, 15) is 18.0 Å². The van der Waals surface area contributed by atoms with Gasteiger partial charge >= 0.3 is 6.18 Å². The topological polar surface area (TPSA) is 69.5 Å². The van der Waals surface area contributed by atoms with E-state index in [1.54, 1.807) is 38.0 Å². The molecule has 1 amide bonds. The number of hydrogen-bond acceptors (Lipinski definition) is 5. The molecule has 0 N–H and O–H groups in total. The van der Waals surface area contributed by atoms with Crippen molar-refractivity contribution < 1.29 is 22.7 Å². The molecule has 1 aliphatic heterocycles. The maximum absolute atomic E-state index is 13.5. The van der Waals surface area contributed by atoms with Crippen molar-refractivity contribution >= 4 is 34.6 Å². The molecule has 0 spiro atoms. The number of hydrogen-bond donors (Lipinski definition) is 0. The Balaban J connectivity index is 1.70. The lowest BCUT2D eigenvalue weighted by atomic mass is 10.0. The number of rotatable bonds is 4. The van der Waals surface area contributed by atoms with Gasteiger partial charge < -0.3 is 9.64 Å². The highest BCUT2D eigenvalue weighted by Gasteiger charge is 2.50. The zero-order chi connectivity index (χ0) is 25.5. The van der Waals surface area contributed by atoms with Crippen LogP contribution in [0.1, 0.15) is 25.1 Å². The molecule has 0 saturated carbocycles. The fourth-order valence-electron chi connectivity index (χ4n) is 3.92. The summed E-state index contributed by atoms with van der Waals surface area (Å²) in [5.41, 5.74) is -0.847. The summed E-state index contributed by atoms with van der Waals surface area (Å²) in [6.07, 6.45) is -3.77. The van der Waals surface area contributed by atoms with Gasteiger partial charge in [0.05, 0.1) is 24.6 Å². The molecule has 0 atom stereocenters. The molecule has 35 heavy (non-hydrogen) atoms. The molecule has 0 aliphatic carbocycles. The number of anilines is 2. The van der Waals surface area contributed by atoms with E-state index in [1.807, 2.05) is 36.4 Å². The molecule has 1 aromatic heterocycles. The van der Waals surface area contributed by atoms with Crippen LogP contribution in [0.2, 0.25) is 0 Å². The average molecular weight is 497 g/mol. The van der Waals surface area contributed by atoms with Crippen molar-refractivity contribution in [1.82, 2.24) is 4.98 Å². The highest BCUT2D eigenvalue weighted by atomic mass is 32.1. The second-order valence-electron chi connectivity index (χ2n) is 8.29. The largest absolute Gasteiger partial charge is 0.497 e. The smallest absolute Gasteiger partial charge is 0.419 e. The quantitative estimate of drug-likeness (QED) is 0.440. The normalized spacial score (nSPS) is 15.3. The number of alkyl halides is 3. The van der Waals surface area contributed by atoms with E-state index in [4.69, 9.17) is 22.2 Å². The molecule has 1 aliphatic rings. The lowest BCUT2D eigenvalue weighted by Gasteiger charge is -2.29. The zero-order valence-corrected chi connectivity index (χ0v) is 19.7. The first-order valence-electron chi connectivity index (χ1n) is 10.4. The van der Waals surface area contributed by atoms with Gasteiger partial charge in [0.25, 0.3) is 5.91 Å². The molecule has 2 heterocycles. The number of pyridine rings is 1. The first-order valence-corrected chi connectivity index (χ1v) is 10.8. The predicted molar refractivity (Wildman–Crippen MR) is 129 cm³/mol. The lowest BCUT2D eigenvalue weighted by Crippen LogP contribution is -2.44. The van der Waals surface area contributed by atoms with E-state index >= 15 is 0 Å². The number of carbonyl (C=O) groups excluding carboxylic acids is 1. The number of methoxy groups -OCH3 is 1. The molecule has 178 valence electrons. The molecule has 1 fully saturated rings. The van der Waals surface area contributed by atoms with Gasteiger partial charge in [-0.3, -0.25) is 9.69 Å². The van der Waals surface area contributed by atoms with Crippen LogP contribution < -0.4 is 14.5 Å². The maximum atomic E-state index is 13.5. The molecular weight excluding hydrogens is 477 g/mol. The summed E-state index contributed by atoms with van der Waals surface area (Å²) >= 11 is 5.55.